The van der Waals surface area contributed by atoms with E-state index in [1.165, 1.54) is 0 Å². The molecule has 2 nitrogen and oxygen atoms in total. The van der Waals surface area contributed by atoms with Crippen LogP contribution in [-0.4, -0.2) is 13.2 Å². The van der Waals surface area contributed by atoms with Crippen molar-refractivity contribution in [3.8, 4) is 6.07 Å². The van der Waals surface area contributed by atoms with E-state index in [9.17, 15) is 5.26 Å². The minimum absolute atomic E-state index is 0.146. The lowest BCUT2D eigenvalue weighted by atomic mass is 9.69. The first-order valence-corrected chi connectivity index (χ1v) is 6.76. The number of methoxy groups -OCH3 is 1. The van der Waals surface area contributed by atoms with Crippen LogP contribution < -0.4 is 0 Å². The van der Waals surface area contributed by atoms with E-state index in [0.717, 1.165) is 31.2 Å². The Labute approximate surface area is 117 Å². The van der Waals surface area contributed by atoms with Crippen LogP contribution in [0.25, 0.3) is 0 Å². The Kier molecular flexibility index (Phi) is 4.17. The largest absolute Gasteiger partial charge is 0.381 e. The Hall–Kier alpha value is -0.750. The summed E-state index contributed by atoms with van der Waals surface area (Å²) in [4.78, 5) is 0. The summed E-state index contributed by atoms with van der Waals surface area (Å²) in [5, 5.41) is 10.6. The van der Waals surface area contributed by atoms with Crippen molar-refractivity contribution < 1.29 is 4.74 Å². The molecular formula is C14H15Cl2NO. The smallest absolute Gasteiger partial charge is 0.0847 e. The third kappa shape index (κ3) is 2.49. The summed E-state index contributed by atoms with van der Waals surface area (Å²) in [6.45, 7) is 0. The first-order chi connectivity index (χ1) is 8.61. The van der Waals surface area contributed by atoms with Crippen molar-refractivity contribution >= 4 is 23.2 Å². The molecule has 0 saturated heterocycles. The maximum atomic E-state index is 9.59. The highest BCUT2D eigenvalue weighted by atomic mass is 35.5. The molecule has 1 aliphatic rings. The molecule has 0 aromatic heterocycles. The van der Waals surface area contributed by atoms with Crippen molar-refractivity contribution in [1.82, 2.24) is 0 Å². The fourth-order valence-electron chi connectivity index (χ4n) is 2.65. The van der Waals surface area contributed by atoms with Gasteiger partial charge in [-0.3, -0.25) is 0 Å². The molecule has 0 spiro atoms. The van der Waals surface area contributed by atoms with Gasteiger partial charge in [-0.1, -0.05) is 29.3 Å². The van der Waals surface area contributed by atoms with E-state index in [1.54, 1.807) is 13.2 Å². The standard InChI is InChI=1S/C14H15Cl2NO/c1-18-11-3-2-6-14(8-11,9-17)10-4-5-12(15)13(16)7-10/h4-5,7,11H,2-3,6,8H2,1H3/t11-,14+/m1/s1. The molecule has 0 amide bonds. The van der Waals surface area contributed by atoms with Gasteiger partial charge in [0.05, 0.1) is 27.6 Å². The molecule has 0 unspecified atom stereocenters. The second-order valence-corrected chi connectivity index (χ2v) is 5.59. The Bertz CT molecular complexity index is 483. The zero-order chi connectivity index (χ0) is 13.2. The predicted molar refractivity (Wildman–Crippen MR) is 73.0 cm³/mol. The molecule has 0 N–H and O–H groups in total. The lowest BCUT2D eigenvalue weighted by Crippen LogP contribution is -2.34. The number of ether oxygens (including phenoxy) is 1. The van der Waals surface area contributed by atoms with Crippen LogP contribution in [0.4, 0.5) is 0 Å². The zero-order valence-corrected chi connectivity index (χ0v) is 11.8. The molecule has 18 heavy (non-hydrogen) atoms. The lowest BCUT2D eigenvalue weighted by Gasteiger charge is -2.35. The number of hydrogen-bond donors (Lipinski definition) is 0. The van der Waals surface area contributed by atoms with Crippen LogP contribution >= 0.6 is 23.2 Å². The van der Waals surface area contributed by atoms with E-state index in [2.05, 4.69) is 6.07 Å². The van der Waals surface area contributed by atoms with Crippen molar-refractivity contribution in [2.24, 2.45) is 0 Å². The van der Waals surface area contributed by atoms with E-state index in [4.69, 9.17) is 27.9 Å². The van der Waals surface area contributed by atoms with Crippen LogP contribution in [-0.2, 0) is 10.2 Å². The van der Waals surface area contributed by atoms with Crippen LogP contribution in [0.2, 0.25) is 10.0 Å². The monoisotopic (exact) mass is 283 g/mol. The second-order valence-electron chi connectivity index (χ2n) is 4.78. The van der Waals surface area contributed by atoms with E-state index in [1.807, 2.05) is 12.1 Å². The first kappa shape index (κ1) is 13.7. The quantitative estimate of drug-likeness (QED) is 0.809. The Morgan fingerprint density at radius 2 is 2.17 bits per heavy atom. The minimum Gasteiger partial charge on any atom is -0.381 e. The van der Waals surface area contributed by atoms with Gasteiger partial charge in [0.15, 0.2) is 0 Å². The molecule has 0 heterocycles. The van der Waals surface area contributed by atoms with Crippen molar-refractivity contribution in [2.45, 2.75) is 37.2 Å². The number of hydrogen-bond acceptors (Lipinski definition) is 2. The molecule has 1 saturated carbocycles. The minimum atomic E-state index is -0.493. The highest BCUT2D eigenvalue weighted by Gasteiger charge is 2.38. The molecule has 0 bridgehead atoms. The Balaban J connectivity index is 2.37. The van der Waals surface area contributed by atoms with E-state index < -0.39 is 5.41 Å². The van der Waals surface area contributed by atoms with Gasteiger partial charge in [-0.25, -0.2) is 0 Å². The molecule has 2 atom stereocenters. The van der Waals surface area contributed by atoms with E-state index in [-0.39, 0.29) is 6.10 Å². The van der Waals surface area contributed by atoms with Gasteiger partial charge in [0.2, 0.25) is 0 Å². The molecule has 1 aromatic carbocycles. The molecule has 0 aliphatic heterocycles. The molecule has 1 aromatic rings. The van der Waals surface area contributed by atoms with Gasteiger partial charge in [0.25, 0.3) is 0 Å². The Morgan fingerprint density at radius 1 is 1.39 bits per heavy atom. The van der Waals surface area contributed by atoms with Crippen molar-refractivity contribution in [1.29, 1.82) is 5.26 Å². The van der Waals surface area contributed by atoms with Gasteiger partial charge in [-0.05, 0) is 43.4 Å². The average molecular weight is 284 g/mol. The van der Waals surface area contributed by atoms with Crippen LogP contribution in [0.5, 0.6) is 0 Å². The van der Waals surface area contributed by atoms with Gasteiger partial charge in [-0.2, -0.15) is 5.26 Å². The molecule has 4 heteroatoms. The van der Waals surface area contributed by atoms with Crippen LogP contribution in [0.3, 0.4) is 0 Å². The first-order valence-electron chi connectivity index (χ1n) is 6.01. The van der Waals surface area contributed by atoms with Gasteiger partial charge < -0.3 is 4.74 Å². The van der Waals surface area contributed by atoms with E-state index in [0.29, 0.717) is 10.0 Å². The Morgan fingerprint density at radius 3 is 2.78 bits per heavy atom. The fourth-order valence-corrected chi connectivity index (χ4v) is 2.95. The molecule has 96 valence electrons. The van der Waals surface area contributed by atoms with Crippen LogP contribution in [0.1, 0.15) is 31.2 Å². The number of halogens is 2. The summed E-state index contributed by atoms with van der Waals surface area (Å²) in [5.41, 5.74) is 0.453. The van der Waals surface area contributed by atoms with Crippen molar-refractivity contribution in [3.05, 3.63) is 33.8 Å². The molecule has 1 fully saturated rings. The van der Waals surface area contributed by atoms with E-state index >= 15 is 0 Å². The zero-order valence-electron chi connectivity index (χ0n) is 10.2. The molecular weight excluding hydrogens is 269 g/mol. The summed E-state index contributed by atoms with van der Waals surface area (Å²) in [7, 11) is 1.70. The SMILES string of the molecule is CO[C@@H]1CCC[C@](C#N)(c2ccc(Cl)c(Cl)c2)C1. The second kappa shape index (κ2) is 5.48. The maximum Gasteiger partial charge on any atom is 0.0847 e. The van der Waals surface area contributed by atoms with Crippen molar-refractivity contribution in [2.75, 3.05) is 7.11 Å². The summed E-state index contributed by atoms with van der Waals surface area (Å²) >= 11 is 12.0. The van der Waals surface area contributed by atoms with Crippen molar-refractivity contribution in [3.63, 3.8) is 0 Å². The summed E-state index contributed by atoms with van der Waals surface area (Å²) in [6.07, 6.45) is 3.72. The highest BCUT2D eigenvalue weighted by Crippen LogP contribution is 2.41. The number of rotatable bonds is 2. The van der Waals surface area contributed by atoms with Gasteiger partial charge in [0.1, 0.15) is 0 Å². The van der Waals surface area contributed by atoms with Gasteiger partial charge in [-0.15, -0.1) is 0 Å². The topological polar surface area (TPSA) is 33.0 Å². The van der Waals surface area contributed by atoms with Gasteiger partial charge >= 0.3 is 0 Å². The summed E-state index contributed by atoms with van der Waals surface area (Å²) < 4.78 is 5.41. The maximum absolute atomic E-state index is 9.59. The summed E-state index contributed by atoms with van der Waals surface area (Å²) in [5.74, 6) is 0. The van der Waals surface area contributed by atoms with Crippen LogP contribution in [0, 0.1) is 11.3 Å². The third-order valence-electron chi connectivity index (χ3n) is 3.73. The molecule has 1 aliphatic carbocycles. The fraction of sp³-hybridized carbons (Fsp3) is 0.500. The third-order valence-corrected chi connectivity index (χ3v) is 4.46. The van der Waals surface area contributed by atoms with Crippen LogP contribution in [0.15, 0.2) is 18.2 Å². The summed E-state index contributed by atoms with van der Waals surface area (Å²) in [6, 6.07) is 7.93. The molecule has 0 radical (unpaired) electrons. The number of nitrogens with zero attached hydrogens (tertiary/aromatic N) is 1. The highest BCUT2D eigenvalue weighted by molar-refractivity contribution is 6.42. The normalized spacial score (nSPS) is 27.8. The molecule has 2 rings (SSSR count). The number of benzene rings is 1. The number of nitriles is 1. The average Bonchev–Trinajstić information content (AvgIpc) is 2.41. The predicted octanol–water partition coefficient (Wildman–Crippen LogP) is 4.34. The van der Waals surface area contributed by atoms with Gasteiger partial charge in [0, 0.05) is 7.11 Å². The lowest BCUT2D eigenvalue weighted by molar-refractivity contribution is 0.0515.